The smallest absolute Gasteiger partial charge is 0.465 e. The van der Waals surface area contributed by atoms with Crippen molar-refractivity contribution in [3.8, 4) is 11.5 Å². The van der Waals surface area contributed by atoms with Gasteiger partial charge in [0, 0.05) is 12.1 Å². The monoisotopic (exact) mass is 450 g/mol. The number of nitrogens with one attached hydrogen (secondary N) is 2. The van der Waals surface area contributed by atoms with Crippen LogP contribution in [0.1, 0.15) is 10.4 Å². The van der Waals surface area contributed by atoms with E-state index in [1.807, 2.05) is 0 Å². The number of anilines is 1. The Morgan fingerprint density at radius 3 is 2.14 bits per heavy atom. The summed E-state index contributed by atoms with van der Waals surface area (Å²) in [5.74, 6) is -5.07. The van der Waals surface area contributed by atoms with Crippen molar-refractivity contribution in [1.82, 2.24) is 5.32 Å². The molecule has 2 amide bonds. The Hall–Kier alpha value is -2.85. The van der Waals surface area contributed by atoms with E-state index in [0.717, 1.165) is 19.2 Å². The molecule has 0 aromatic heterocycles. The Morgan fingerprint density at radius 1 is 1.07 bits per heavy atom. The number of urea groups is 1. The van der Waals surface area contributed by atoms with E-state index in [-0.39, 0.29) is 32.8 Å². The normalized spacial score (nSPS) is 14.3. The van der Waals surface area contributed by atoms with Crippen molar-refractivity contribution in [2.24, 2.45) is 0 Å². The van der Waals surface area contributed by atoms with Gasteiger partial charge in [-0.2, -0.15) is 13.2 Å². The van der Waals surface area contributed by atoms with Crippen LogP contribution in [0.3, 0.4) is 0 Å². The molecular formula is C17H11Cl2F3N2O5. The van der Waals surface area contributed by atoms with E-state index in [0.29, 0.717) is 0 Å². The molecule has 12 heteroatoms. The first-order valence-corrected chi connectivity index (χ1v) is 8.52. The lowest BCUT2D eigenvalue weighted by Gasteiger charge is -2.29. The lowest BCUT2D eigenvalue weighted by Crippen LogP contribution is -2.65. The molecule has 3 rings (SSSR count). The molecule has 2 N–H and O–H groups in total. The van der Waals surface area contributed by atoms with Crippen LogP contribution in [0.2, 0.25) is 10.0 Å². The average molecular weight is 451 g/mol. The summed E-state index contributed by atoms with van der Waals surface area (Å²) in [6.07, 6.45) is -5.19. The molecule has 1 aliphatic rings. The van der Waals surface area contributed by atoms with E-state index in [4.69, 9.17) is 32.7 Å². The summed E-state index contributed by atoms with van der Waals surface area (Å²) in [5, 5.41) is 3.60. The molecule has 1 heterocycles. The van der Waals surface area contributed by atoms with Crippen LogP contribution in [0, 0.1) is 0 Å². The molecule has 0 saturated heterocycles. The third-order valence-corrected chi connectivity index (χ3v) is 4.45. The number of benzene rings is 2. The number of rotatable bonds is 3. The third-order valence-electron chi connectivity index (χ3n) is 3.73. The Labute approximate surface area is 171 Å². The first-order chi connectivity index (χ1) is 13.6. The van der Waals surface area contributed by atoms with E-state index in [9.17, 15) is 22.8 Å². The maximum Gasteiger partial charge on any atom is 0.492 e. The lowest BCUT2D eigenvalue weighted by molar-refractivity contribution is -0.317. The second-order valence-corrected chi connectivity index (χ2v) is 6.46. The molecule has 0 bridgehead atoms. The Bertz CT molecular complexity index is 953. The Morgan fingerprint density at radius 2 is 1.62 bits per heavy atom. The molecule has 0 radical (unpaired) electrons. The van der Waals surface area contributed by atoms with Gasteiger partial charge in [0.05, 0.1) is 28.4 Å². The highest BCUT2D eigenvalue weighted by molar-refractivity contribution is 6.42. The van der Waals surface area contributed by atoms with Gasteiger partial charge >= 0.3 is 24.1 Å². The first-order valence-electron chi connectivity index (χ1n) is 7.76. The highest BCUT2D eigenvalue weighted by Gasteiger charge is 2.66. The zero-order valence-electron chi connectivity index (χ0n) is 14.4. The number of carbonyl (C=O) groups is 2. The van der Waals surface area contributed by atoms with E-state index < -0.39 is 24.1 Å². The van der Waals surface area contributed by atoms with E-state index in [1.165, 1.54) is 24.3 Å². The van der Waals surface area contributed by atoms with Gasteiger partial charge < -0.3 is 19.5 Å². The molecule has 0 atom stereocenters. The van der Waals surface area contributed by atoms with Crippen LogP contribution in [-0.2, 0) is 4.74 Å². The van der Waals surface area contributed by atoms with Crippen molar-refractivity contribution >= 4 is 40.9 Å². The topological polar surface area (TPSA) is 85.9 Å². The van der Waals surface area contributed by atoms with E-state index in [2.05, 4.69) is 10.1 Å². The number of carbonyl (C=O) groups excluding carboxylic acids is 2. The molecule has 154 valence electrons. The summed E-state index contributed by atoms with van der Waals surface area (Å²) in [6, 6.07) is 6.27. The van der Waals surface area contributed by atoms with Crippen molar-refractivity contribution in [2.45, 2.75) is 12.1 Å². The van der Waals surface area contributed by atoms with Gasteiger partial charge in [-0.1, -0.05) is 35.3 Å². The van der Waals surface area contributed by atoms with Crippen LogP contribution >= 0.6 is 23.2 Å². The molecule has 1 aliphatic heterocycles. The summed E-state index contributed by atoms with van der Waals surface area (Å²) < 4.78 is 55.4. The largest absolute Gasteiger partial charge is 0.492 e. The van der Waals surface area contributed by atoms with Crippen molar-refractivity contribution in [3.63, 3.8) is 0 Å². The van der Waals surface area contributed by atoms with Crippen LogP contribution in [0.15, 0.2) is 36.4 Å². The van der Waals surface area contributed by atoms with Gasteiger partial charge in [-0.15, -0.1) is 0 Å². The molecule has 7 nitrogen and oxygen atoms in total. The second-order valence-electron chi connectivity index (χ2n) is 5.65. The Balaban J connectivity index is 1.87. The maximum atomic E-state index is 13.7. The molecule has 0 aliphatic carbocycles. The minimum Gasteiger partial charge on any atom is -0.465 e. The highest BCUT2D eigenvalue weighted by Crippen LogP contribution is 2.48. The van der Waals surface area contributed by atoms with Gasteiger partial charge in [-0.3, -0.25) is 5.32 Å². The fourth-order valence-electron chi connectivity index (χ4n) is 2.42. The summed E-state index contributed by atoms with van der Waals surface area (Å²) in [5.41, 5.74) is -0.155. The molecule has 0 spiro atoms. The van der Waals surface area contributed by atoms with Crippen molar-refractivity contribution in [1.29, 1.82) is 0 Å². The van der Waals surface area contributed by atoms with Crippen LogP contribution in [-0.4, -0.2) is 31.2 Å². The lowest BCUT2D eigenvalue weighted by atomic mass is 10.2. The zero-order valence-corrected chi connectivity index (χ0v) is 15.9. The van der Waals surface area contributed by atoms with Crippen LogP contribution < -0.4 is 20.1 Å². The van der Waals surface area contributed by atoms with Crippen LogP contribution in [0.5, 0.6) is 11.5 Å². The minimum atomic E-state index is -5.19. The summed E-state index contributed by atoms with van der Waals surface area (Å²) in [6.45, 7) is 0. The summed E-state index contributed by atoms with van der Waals surface area (Å²) in [7, 11) is 1.12. The van der Waals surface area contributed by atoms with E-state index >= 15 is 0 Å². The SMILES string of the molecule is COC(=O)c1ccccc1NC(=O)NC1(C(F)(F)F)Oc2cc(Cl)c(Cl)cc2O1. The number of alkyl halides is 3. The number of hydrogen-bond donors (Lipinski definition) is 2. The quantitative estimate of drug-likeness (QED) is 0.667. The van der Waals surface area contributed by atoms with Gasteiger partial charge in [-0.05, 0) is 12.1 Å². The number of para-hydroxylation sites is 1. The number of hydrogen-bond acceptors (Lipinski definition) is 5. The number of halogens is 5. The highest BCUT2D eigenvalue weighted by atomic mass is 35.5. The van der Waals surface area contributed by atoms with Crippen LogP contribution in [0.4, 0.5) is 23.7 Å². The van der Waals surface area contributed by atoms with Gasteiger partial charge in [-0.25, -0.2) is 9.59 Å². The second kappa shape index (κ2) is 7.53. The van der Waals surface area contributed by atoms with Crippen molar-refractivity contribution in [3.05, 3.63) is 52.0 Å². The Kier molecular flexibility index (Phi) is 5.42. The molecule has 2 aromatic rings. The fraction of sp³-hybridized carbons (Fsp3) is 0.176. The molecule has 0 saturated carbocycles. The van der Waals surface area contributed by atoms with Crippen molar-refractivity contribution in [2.75, 3.05) is 12.4 Å². The minimum absolute atomic E-state index is 0.0663. The molecular weight excluding hydrogens is 440 g/mol. The average Bonchev–Trinajstić information content (AvgIpc) is 2.99. The third kappa shape index (κ3) is 3.99. The van der Waals surface area contributed by atoms with Gasteiger partial charge in [0.15, 0.2) is 11.5 Å². The number of fused-ring (bicyclic) bond motifs is 1. The zero-order chi connectivity index (χ0) is 21.4. The number of amides is 2. The number of ether oxygens (including phenoxy) is 3. The van der Waals surface area contributed by atoms with Crippen LogP contribution in [0.25, 0.3) is 0 Å². The predicted molar refractivity (Wildman–Crippen MR) is 96.4 cm³/mol. The van der Waals surface area contributed by atoms with Gasteiger partial charge in [0.2, 0.25) is 0 Å². The maximum absolute atomic E-state index is 13.7. The van der Waals surface area contributed by atoms with E-state index in [1.54, 1.807) is 5.32 Å². The molecule has 2 aromatic carbocycles. The fourth-order valence-corrected chi connectivity index (χ4v) is 2.73. The molecule has 0 fully saturated rings. The van der Waals surface area contributed by atoms with Crippen molar-refractivity contribution < 1.29 is 37.0 Å². The number of esters is 1. The van der Waals surface area contributed by atoms with Gasteiger partial charge in [0.25, 0.3) is 0 Å². The summed E-state index contributed by atoms with van der Waals surface area (Å²) >= 11 is 11.6. The molecule has 29 heavy (non-hydrogen) atoms. The molecule has 0 unspecified atom stereocenters. The standard InChI is InChI=1S/C17H11Cl2F3N2O5/c1-27-14(25)8-4-2-3-5-11(8)23-15(26)24-17(16(20,21)22)28-12-6-9(18)10(19)7-13(12)29-17/h2-7H,1H3,(H2,23,24,26). The summed E-state index contributed by atoms with van der Waals surface area (Å²) in [4.78, 5) is 24.0. The van der Waals surface area contributed by atoms with Gasteiger partial charge in [0.1, 0.15) is 0 Å². The predicted octanol–water partition coefficient (Wildman–Crippen LogP) is 4.59. The first kappa shape index (κ1) is 20.9. The number of methoxy groups -OCH3 is 1.